The molecular weight excluding hydrogens is 715 g/mol. The van der Waals surface area contributed by atoms with Crippen LogP contribution >= 0.6 is 0 Å². The maximum absolute atomic E-state index is 7.13. The Morgan fingerprint density at radius 1 is 0.367 bits per heavy atom. The summed E-state index contributed by atoms with van der Waals surface area (Å²) in [6.45, 7) is 4.51. The van der Waals surface area contributed by atoms with Crippen molar-refractivity contribution in [1.82, 2.24) is 0 Å². The molecule has 1 heterocycles. The fraction of sp³-hybridized carbons (Fsp3) is 0.0588. The molecule has 260 valence electrons. The van der Waals surface area contributed by atoms with Crippen molar-refractivity contribution in [3.8, 4) is 44.5 Å². The van der Waals surface area contributed by atoms with Gasteiger partial charge in [-0.05, 0) is 118 Å². The van der Waals surface area contributed by atoms with Crippen molar-refractivity contribution in [2.24, 2.45) is 0 Å². The van der Waals surface area contributed by atoms with Crippen molar-refractivity contribution in [2.75, 3.05) is 0 Å². The third kappa shape index (κ3) is 4.99. The SMILES string of the molecule is [B]c1c([B])c([B])c2c(-c3ccc4oc5ccc6ccccc6c5c4c3)c3c([B])c([B])c([B])c([B])c3c(-c3ccc4c(c3)C(C)(C)c3cc(-c5ccccc5)ccc3-4)c2c1[B]. The highest BCUT2D eigenvalue weighted by Crippen LogP contribution is 2.52. The van der Waals surface area contributed by atoms with E-state index in [2.05, 4.69) is 98.8 Å². The van der Waals surface area contributed by atoms with Crippen LogP contribution in [0.25, 0.3) is 98.8 Å². The van der Waals surface area contributed by atoms with Gasteiger partial charge in [0.1, 0.15) is 73.9 Å². The molecule has 0 bridgehead atoms. The smallest absolute Gasteiger partial charge is 0.136 e. The van der Waals surface area contributed by atoms with E-state index in [1.807, 2.05) is 36.4 Å². The highest BCUT2D eigenvalue weighted by molar-refractivity contribution is 6.71. The first-order chi connectivity index (χ1) is 28.9. The predicted octanol–water partition coefficient (Wildman–Crippen LogP) is 4.70. The molecule has 0 amide bonds. The number of rotatable bonds is 3. The van der Waals surface area contributed by atoms with Gasteiger partial charge in [-0.15, -0.1) is 21.9 Å². The normalized spacial score (nSPS) is 13.2. The van der Waals surface area contributed by atoms with Crippen LogP contribution in [-0.2, 0) is 5.41 Å². The van der Waals surface area contributed by atoms with Gasteiger partial charge in [-0.25, -0.2) is 0 Å². The molecule has 0 atom stereocenters. The van der Waals surface area contributed by atoms with Crippen LogP contribution in [0.3, 0.4) is 0 Å². The molecule has 0 fully saturated rings. The predicted molar refractivity (Wildman–Crippen MR) is 263 cm³/mol. The minimum atomic E-state index is -0.369. The maximum Gasteiger partial charge on any atom is 0.136 e. The standard InChI is InChI=1S/C51H26B8O/c1-51(2)32-21-25(23-8-4-3-5-9-23)12-16-29(32)30-17-13-27(22-33(30)51)37-41-39(43(52)47(56)49(58)45(41)54)36(40-42(37)46(55)50(59)48(57)44(40)53)26-15-18-34-31(20-26)38-28-11-7-6-10-24(28)14-19-35(38)60-34/h3-22H,1-2H3. The van der Waals surface area contributed by atoms with Gasteiger partial charge in [-0.3, -0.25) is 0 Å². The molecule has 0 saturated heterocycles. The molecule has 9 aromatic carbocycles. The van der Waals surface area contributed by atoms with Crippen LogP contribution in [0, 0.1) is 0 Å². The van der Waals surface area contributed by atoms with Crippen LogP contribution in [0.5, 0.6) is 0 Å². The Bertz CT molecular complexity index is 3470. The Morgan fingerprint density at radius 2 is 0.833 bits per heavy atom. The molecule has 1 nitrogen and oxygen atoms in total. The first-order valence-electron chi connectivity index (χ1n) is 19.8. The van der Waals surface area contributed by atoms with Gasteiger partial charge in [-0.1, -0.05) is 127 Å². The van der Waals surface area contributed by atoms with Crippen molar-refractivity contribution < 1.29 is 4.42 Å². The molecule has 0 saturated carbocycles. The van der Waals surface area contributed by atoms with Crippen molar-refractivity contribution in [2.45, 2.75) is 19.3 Å². The first-order valence-corrected chi connectivity index (χ1v) is 19.8. The van der Waals surface area contributed by atoms with Crippen molar-refractivity contribution in [3.63, 3.8) is 0 Å². The van der Waals surface area contributed by atoms with E-state index in [-0.39, 0.29) is 49.1 Å². The van der Waals surface area contributed by atoms with E-state index >= 15 is 0 Å². The number of hydrogen-bond donors (Lipinski definition) is 0. The summed E-state index contributed by atoms with van der Waals surface area (Å²) in [5.41, 5.74) is 12.8. The highest BCUT2D eigenvalue weighted by Gasteiger charge is 2.36. The van der Waals surface area contributed by atoms with Gasteiger partial charge in [0.25, 0.3) is 0 Å². The zero-order valence-corrected chi connectivity index (χ0v) is 33.1. The van der Waals surface area contributed by atoms with Crippen LogP contribution in [0.4, 0.5) is 0 Å². The lowest BCUT2D eigenvalue weighted by Gasteiger charge is -2.29. The lowest BCUT2D eigenvalue weighted by Crippen LogP contribution is -2.50. The summed E-state index contributed by atoms with van der Waals surface area (Å²) < 4.78 is 6.40. The molecule has 10 aromatic rings. The molecule has 1 aliphatic rings. The van der Waals surface area contributed by atoms with E-state index in [0.717, 1.165) is 66.1 Å². The molecule has 9 heteroatoms. The Hall–Kier alpha value is -5.92. The number of benzene rings is 9. The Kier molecular flexibility index (Phi) is 8.06. The number of fused-ring (bicyclic) bond motifs is 10. The van der Waals surface area contributed by atoms with Crippen LogP contribution < -0.4 is 43.7 Å². The minimum Gasteiger partial charge on any atom is -0.456 e. The molecular formula is C51H26B8O. The maximum atomic E-state index is 7.13. The zero-order chi connectivity index (χ0) is 41.5. The fourth-order valence-corrected chi connectivity index (χ4v) is 9.93. The fourth-order valence-electron chi connectivity index (χ4n) is 9.93. The zero-order valence-electron chi connectivity index (χ0n) is 33.1. The second kappa shape index (κ2) is 13.0. The largest absolute Gasteiger partial charge is 0.456 e. The van der Waals surface area contributed by atoms with Gasteiger partial charge in [0.15, 0.2) is 0 Å². The summed E-state index contributed by atoms with van der Waals surface area (Å²) in [6, 6.07) is 41.9. The van der Waals surface area contributed by atoms with E-state index in [1.165, 1.54) is 11.1 Å². The second-order valence-electron chi connectivity index (χ2n) is 16.5. The summed E-state index contributed by atoms with van der Waals surface area (Å²) in [7, 11) is 55.4. The summed E-state index contributed by atoms with van der Waals surface area (Å²) in [4.78, 5) is 0. The first kappa shape index (κ1) is 37.1. The van der Waals surface area contributed by atoms with Crippen molar-refractivity contribution >= 4 is 161 Å². The summed E-state index contributed by atoms with van der Waals surface area (Å²) in [6.07, 6.45) is 0. The molecule has 0 unspecified atom stereocenters. The molecule has 16 radical (unpaired) electrons. The average Bonchev–Trinajstić information content (AvgIpc) is 3.76. The lowest BCUT2D eigenvalue weighted by molar-refractivity contribution is 0.661. The van der Waals surface area contributed by atoms with E-state index in [1.54, 1.807) is 0 Å². The molecule has 1 aliphatic carbocycles. The van der Waals surface area contributed by atoms with Gasteiger partial charge in [-0.2, -0.15) is 0 Å². The van der Waals surface area contributed by atoms with Crippen LogP contribution in [0.2, 0.25) is 0 Å². The van der Waals surface area contributed by atoms with Crippen LogP contribution in [0.15, 0.2) is 126 Å². The number of furan rings is 1. The monoisotopic (exact) mass is 742 g/mol. The molecule has 0 N–H and O–H groups in total. The third-order valence-corrected chi connectivity index (χ3v) is 13.0. The summed E-state index contributed by atoms with van der Waals surface area (Å²) in [5.74, 6) is 0. The number of hydrogen-bond acceptors (Lipinski definition) is 1. The van der Waals surface area contributed by atoms with E-state index < -0.39 is 0 Å². The lowest BCUT2D eigenvalue weighted by atomic mass is 9.59. The topological polar surface area (TPSA) is 13.1 Å². The van der Waals surface area contributed by atoms with Crippen molar-refractivity contribution in [3.05, 3.63) is 132 Å². The third-order valence-electron chi connectivity index (χ3n) is 13.0. The van der Waals surface area contributed by atoms with Crippen LogP contribution in [0.1, 0.15) is 25.0 Å². The minimum absolute atomic E-state index is 0.169. The quantitative estimate of drug-likeness (QED) is 0.189. The Morgan fingerprint density at radius 3 is 1.42 bits per heavy atom. The summed E-state index contributed by atoms with van der Waals surface area (Å²) >= 11 is 0. The van der Waals surface area contributed by atoms with E-state index in [4.69, 9.17) is 67.2 Å². The summed E-state index contributed by atoms with van der Waals surface area (Å²) in [5, 5.41) is 6.37. The average molecular weight is 741 g/mol. The van der Waals surface area contributed by atoms with Crippen molar-refractivity contribution in [1.29, 1.82) is 0 Å². The van der Waals surface area contributed by atoms with Gasteiger partial charge < -0.3 is 4.42 Å². The van der Waals surface area contributed by atoms with Gasteiger partial charge in [0, 0.05) is 16.2 Å². The Labute approximate surface area is 359 Å². The van der Waals surface area contributed by atoms with E-state index in [0.29, 0.717) is 32.7 Å². The second-order valence-corrected chi connectivity index (χ2v) is 16.5. The van der Waals surface area contributed by atoms with Gasteiger partial charge >= 0.3 is 0 Å². The van der Waals surface area contributed by atoms with Gasteiger partial charge in [0.05, 0.1) is 0 Å². The molecule has 1 aromatic heterocycles. The molecule has 11 rings (SSSR count). The molecule has 0 spiro atoms. The van der Waals surface area contributed by atoms with E-state index in [9.17, 15) is 0 Å². The Balaban J connectivity index is 1.25. The molecule has 0 aliphatic heterocycles. The van der Waals surface area contributed by atoms with Crippen LogP contribution in [-0.4, -0.2) is 62.8 Å². The van der Waals surface area contributed by atoms with Gasteiger partial charge in [0.2, 0.25) is 0 Å². The molecule has 60 heavy (non-hydrogen) atoms. The highest BCUT2D eigenvalue weighted by atomic mass is 16.3.